The van der Waals surface area contributed by atoms with E-state index in [2.05, 4.69) is 45.1 Å². The maximum atomic E-state index is 12.4. The number of amides is 1. The number of rotatable bonds is 7. The monoisotopic (exact) mass is 516 g/mol. The third-order valence-electron chi connectivity index (χ3n) is 7.99. The van der Waals surface area contributed by atoms with Crippen molar-refractivity contribution in [3.05, 3.63) is 59.4 Å². The molecule has 0 N–H and O–H groups in total. The van der Waals surface area contributed by atoms with Gasteiger partial charge in [-0.25, -0.2) is 6.57 Å². The Morgan fingerprint density at radius 3 is 2.84 bits per heavy atom. The van der Waals surface area contributed by atoms with Gasteiger partial charge in [-0.2, -0.15) is 9.97 Å². The van der Waals surface area contributed by atoms with Gasteiger partial charge in [0.25, 0.3) is 0 Å². The standard InChI is InChI=1S/C28H36N8O2/c1-5-26(37)36-14-13-35(17-22(36)15-29-3)27-23-9-12-34(25-16-30-10-8-20(25)2)18-24(23)31-28(32-27)38-19-21-7-6-11-33(21)4/h5,8,10,16,21-22H,1,6-7,9,11-15,17-19H2,2,4H3/t21-,22?/m0/s1. The lowest BCUT2D eigenvalue weighted by Gasteiger charge is -2.41. The molecule has 0 radical (unpaired) electrons. The minimum absolute atomic E-state index is 0.129. The van der Waals surface area contributed by atoms with Crippen LogP contribution in [0, 0.1) is 13.5 Å². The molecule has 38 heavy (non-hydrogen) atoms. The van der Waals surface area contributed by atoms with Gasteiger partial charge in [0.2, 0.25) is 12.5 Å². The molecule has 3 aliphatic heterocycles. The van der Waals surface area contributed by atoms with E-state index in [1.807, 2.05) is 18.5 Å². The zero-order valence-corrected chi connectivity index (χ0v) is 22.3. The molecular formula is C28H36N8O2. The summed E-state index contributed by atoms with van der Waals surface area (Å²) in [5.41, 5.74) is 4.38. The largest absolute Gasteiger partial charge is 0.462 e. The second kappa shape index (κ2) is 11.4. The minimum atomic E-state index is -0.216. The minimum Gasteiger partial charge on any atom is -0.462 e. The molecule has 1 unspecified atom stereocenters. The van der Waals surface area contributed by atoms with Gasteiger partial charge in [-0.05, 0) is 57.5 Å². The Morgan fingerprint density at radius 2 is 2.11 bits per heavy atom. The van der Waals surface area contributed by atoms with Gasteiger partial charge in [0.05, 0.1) is 24.1 Å². The predicted molar refractivity (Wildman–Crippen MR) is 146 cm³/mol. The summed E-state index contributed by atoms with van der Waals surface area (Å²) in [6.07, 6.45) is 8.15. The zero-order chi connectivity index (χ0) is 26.6. The number of aromatic nitrogens is 3. The fourth-order valence-corrected chi connectivity index (χ4v) is 5.78. The molecule has 0 aliphatic carbocycles. The van der Waals surface area contributed by atoms with Crippen molar-refractivity contribution in [1.82, 2.24) is 24.8 Å². The Kier molecular flexibility index (Phi) is 7.74. The van der Waals surface area contributed by atoms with E-state index in [-0.39, 0.29) is 18.5 Å². The SMILES string of the molecule is [C-]#[N+]CC1CN(c2nc(OC[C@@H]3CCCN3C)nc3c2CCN(c2cnccc2C)C3)CCN1C(=O)C=C. The van der Waals surface area contributed by atoms with Gasteiger partial charge in [-0.3, -0.25) is 9.78 Å². The van der Waals surface area contributed by atoms with Crippen molar-refractivity contribution < 1.29 is 9.53 Å². The van der Waals surface area contributed by atoms with Gasteiger partial charge < -0.3 is 29.2 Å². The first kappa shape index (κ1) is 25.9. The molecule has 0 saturated carbocycles. The number of ether oxygens (including phenoxy) is 1. The third-order valence-corrected chi connectivity index (χ3v) is 7.99. The highest BCUT2D eigenvalue weighted by Crippen LogP contribution is 2.33. The van der Waals surface area contributed by atoms with Gasteiger partial charge in [-0.15, -0.1) is 0 Å². The van der Waals surface area contributed by atoms with E-state index in [0.717, 1.165) is 48.7 Å². The smallest absolute Gasteiger partial charge is 0.318 e. The van der Waals surface area contributed by atoms with Crippen molar-refractivity contribution in [2.24, 2.45) is 0 Å². The van der Waals surface area contributed by atoms with E-state index in [1.165, 1.54) is 18.1 Å². The van der Waals surface area contributed by atoms with Crippen LogP contribution in [0.25, 0.3) is 4.85 Å². The molecular weight excluding hydrogens is 480 g/mol. The predicted octanol–water partition coefficient (Wildman–Crippen LogP) is 2.34. The van der Waals surface area contributed by atoms with E-state index in [4.69, 9.17) is 21.3 Å². The lowest BCUT2D eigenvalue weighted by Crippen LogP contribution is -2.56. The molecule has 2 aromatic heterocycles. The maximum Gasteiger partial charge on any atom is 0.318 e. The van der Waals surface area contributed by atoms with Crippen molar-refractivity contribution in [2.75, 3.05) is 62.7 Å². The Morgan fingerprint density at radius 1 is 1.24 bits per heavy atom. The molecule has 0 spiro atoms. The second-order valence-corrected chi connectivity index (χ2v) is 10.4. The summed E-state index contributed by atoms with van der Waals surface area (Å²) in [5, 5.41) is 0. The number of carbonyl (C=O) groups excluding carboxylic acids is 1. The first-order valence-electron chi connectivity index (χ1n) is 13.4. The number of aryl methyl sites for hydroxylation is 1. The van der Waals surface area contributed by atoms with Gasteiger partial charge >= 0.3 is 6.01 Å². The quantitative estimate of drug-likeness (QED) is 0.410. The molecule has 5 heterocycles. The highest BCUT2D eigenvalue weighted by molar-refractivity contribution is 5.87. The fourth-order valence-electron chi connectivity index (χ4n) is 5.78. The van der Waals surface area contributed by atoms with Crippen molar-refractivity contribution in [2.45, 2.75) is 44.8 Å². The molecule has 10 heteroatoms. The van der Waals surface area contributed by atoms with E-state index in [0.29, 0.717) is 44.8 Å². The molecule has 2 fully saturated rings. The van der Waals surface area contributed by atoms with E-state index in [1.54, 1.807) is 4.90 Å². The molecule has 1 amide bonds. The van der Waals surface area contributed by atoms with Crippen LogP contribution in [0.3, 0.4) is 0 Å². The van der Waals surface area contributed by atoms with Crippen LogP contribution in [0.5, 0.6) is 6.01 Å². The zero-order valence-electron chi connectivity index (χ0n) is 22.3. The summed E-state index contributed by atoms with van der Waals surface area (Å²) in [7, 11) is 2.13. The average molecular weight is 517 g/mol. The molecule has 10 nitrogen and oxygen atoms in total. The lowest BCUT2D eigenvalue weighted by molar-refractivity contribution is -0.128. The number of likely N-dealkylation sites (N-methyl/N-ethyl adjacent to an activating group) is 1. The Balaban J connectivity index is 1.45. The molecule has 0 aromatic carbocycles. The van der Waals surface area contributed by atoms with Crippen LogP contribution in [0.15, 0.2) is 31.1 Å². The van der Waals surface area contributed by atoms with E-state index < -0.39 is 0 Å². The summed E-state index contributed by atoms with van der Waals surface area (Å²) in [4.78, 5) is 38.9. The summed E-state index contributed by atoms with van der Waals surface area (Å²) >= 11 is 0. The number of piperazine rings is 1. The Labute approximate surface area is 224 Å². The number of anilines is 2. The van der Waals surface area contributed by atoms with E-state index in [9.17, 15) is 4.79 Å². The van der Waals surface area contributed by atoms with Crippen LogP contribution in [-0.2, 0) is 17.8 Å². The van der Waals surface area contributed by atoms with Crippen molar-refractivity contribution in [1.29, 1.82) is 0 Å². The van der Waals surface area contributed by atoms with Crippen molar-refractivity contribution in [3.8, 4) is 6.01 Å². The van der Waals surface area contributed by atoms with Gasteiger partial charge in [0, 0.05) is 44.0 Å². The molecule has 2 aromatic rings. The highest BCUT2D eigenvalue weighted by Gasteiger charge is 2.35. The molecule has 5 rings (SSSR count). The van der Waals surface area contributed by atoms with Crippen LogP contribution in [0.1, 0.15) is 29.7 Å². The molecule has 0 bridgehead atoms. The average Bonchev–Trinajstić information content (AvgIpc) is 3.35. The number of fused-ring (bicyclic) bond motifs is 1. The van der Waals surface area contributed by atoms with Gasteiger partial charge in [0.15, 0.2) is 0 Å². The first-order chi connectivity index (χ1) is 18.5. The second-order valence-electron chi connectivity index (χ2n) is 10.4. The first-order valence-corrected chi connectivity index (χ1v) is 13.4. The van der Waals surface area contributed by atoms with Crippen LogP contribution in [0.4, 0.5) is 11.5 Å². The van der Waals surface area contributed by atoms with Crippen molar-refractivity contribution in [3.63, 3.8) is 0 Å². The fraction of sp³-hybridized carbons (Fsp3) is 0.536. The third kappa shape index (κ3) is 5.29. The number of pyridine rings is 1. The molecule has 2 saturated heterocycles. The summed E-state index contributed by atoms with van der Waals surface area (Å²) in [6, 6.07) is 2.58. The van der Waals surface area contributed by atoms with E-state index >= 15 is 0 Å². The maximum absolute atomic E-state index is 12.4. The van der Waals surface area contributed by atoms with Crippen LogP contribution in [0.2, 0.25) is 0 Å². The van der Waals surface area contributed by atoms with Gasteiger partial charge in [-0.1, -0.05) is 6.58 Å². The number of likely N-dealkylation sites (tertiary alicyclic amines) is 1. The molecule has 3 aliphatic rings. The number of carbonyl (C=O) groups is 1. The normalized spacial score (nSPS) is 21.7. The molecule has 200 valence electrons. The number of nitrogens with zero attached hydrogens (tertiary/aromatic N) is 8. The topological polar surface area (TPSA) is 82.3 Å². The number of hydrogen-bond acceptors (Lipinski definition) is 8. The Hall–Kier alpha value is -3.71. The van der Waals surface area contributed by atoms with Crippen LogP contribution >= 0.6 is 0 Å². The Bertz CT molecular complexity index is 1230. The summed E-state index contributed by atoms with van der Waals surface area (Å²) in [5.74, 6) is 0.739. The summed E-state index contributed by atoms with van der Waals surface area (Å²) in [6.45, 7) is 18.3. The number of hydrogen-bond donors (Lipinski definition) is 0. The lowest BCUT2D eigenvalue weighted by atomic mass is 10.0. The highest BCUT2D eigenvalue weighted by atomic mass is 16.5. The van der Waals surface area contributed by atoms with Crippen molar-refractivity contribution >= 4 is 17.4 Å². The molecule has 2 atom stereocenters. The summed E-state index contributed by atoms with van der Waals surface area (Å²) < 4.78 is 6.23. The van der Waals surface area contributed by atoms with Crippen LogP contribution < -0.4 is 14.5 Å². The van der Waals surface area contributed by atoms with Gasteiger partial charge in [0.1, 0.15) is 18.5 Å². The van der Waals surface area contributed by atoms with Crippen LogP contribution in [-0.4, -0.2) is 95.7 Å².